The van der Waals surface area contributed by atoms with Gasteiger partial charge in [-0.2, -0.15) is 0 Å². The molecule has 34 heavy (non-hydrogen) atoms. The van der Waals surface area contributed by atoms with Crippen molar-refractivity contribution in [2.75, 3.05) is 6.61 Å². The van der Waals surface area contributed by atoms with E-state index in [4.69, 9.17) is 4.74 Å². The van der Waals surface area contributed by atoms with Gasteiger partial charge in [0.05, 0.1) is 19.2 Å². The minimum Gasteiger partial charge on any atom is -0.494 e. The minimum atomic E-state index is -0.0238. The van der Waals surface area contributed by atoms with Crippen LogP contribution in [0.25, 0.3) is 10.9 Å². The van der Waals surface area contributed by atoms with Crippen molar-refractivity contribution in [3.05, 3.63) is 46.0 Å². The van der Waals surface area contributed by atoms with E-state index in [2.05, 4.69) is 30.1 Å². The molecule has 5 rings (SSSR count). The molecule has 0 bridgehead atoms. The SMILES string of the molecule is CCOc1ccc2[nH]c(=O)c(CN(Cc3nnnn3C3CCCCC3)C3CCCCC3)cc2c1. The Kier molecular flexibility index (Phi) is 7.23. The summed E-state index contributed by atoms with van der Waals surface area (Å²) in [5.41, 5.74) is 1.59. The van der Waals surface area contributed by atoms with Gasteiger partial charge in [-0.3, -0.25) is 9.69 Å². The summed E-state index contributed by atoms with van der Waals surface area (Å²) >= 11 is 0. The van der Waals surface area contributed by atoms with Crippen LogP contribution in [0.15, 0.2) is 29.1 Å². The number of benzene rings is 1. The summed E-state index contributed by atoms with van der Waals surface area (Å²) in [7, 11) is 0. The molecule has 8 heteroatoms. The van der Waals surface area contributed by atoms with Crippen molar-refractivity contribution >= 4 is 10.9 Å². The average molecular weight is 465 g/mol. The van der Waals surface area contributed by atoms with Crippen LogP contribution in [0.4, 0.5) is 0 Å². The van der Waals surface area contributed by atoms with Crippen LogP contribution in [-0.4, -0.2) is 42.7 Å². The van der Waals surface area contributed by atoms with Crippen LogP contribution < -0.4 is 10.3 Å². The molecule has 0 saturated heterocycles. The van der Waals surface area contributed by atoms with Gasteiger partial charge in [0.2, 0.25) is 0 Å². The molecule has 2 heterocycles. The van der Waals surface area contributed by atoms with E-state index in [-0.39, 0.29) is 5.56 Å². The smallest absolute Gasteiger partial charge is 0.252 e. The quantitative estimate of drug-likeness (QED) is 0.517. The highest BCUT2D eigenvalue weighted by molar-refractivity contribution is 5.80. The zero-order chi connectivity index (χ0) is 23.3. The van der Waals surface area contributed by atoms with E-state index < -0.39 is 0 Å². The molecule has 2 aromatic heterocycles. The lowest BCUT2D eigenvalue weighted by Gasteiger charge is -2.34. The minimum absolute atomic E-state index is 0.0238. The Balaban J connectivity index is 1.43. The van der Waals surface area contributed by atoms with Gasteiger partial charge in [-0.05, 0) is 67.3 Å². The average Bonchev–Trinajstić information content (AvgIpc) is 3.34. The molecule has 0 aliphatic heterocycles. The van der Waals surface area contributed by atoms with Gasteiger partial charge < -0.3 is 9.72 Å². The van der Waals surface area contributed by atoms with Crippen molar-refractivity contribution in [1.29, 1.82) is 0 Å². The molecule has 182 valence electrons. The van der Waals surface area contributed by atoms with Crippen LogP contribution in [0.5, 0.6) is 5.75 Å². The van der Waals surface area contributed by atoms with Gasteiger partial charge in [0.1, 0.15) is 5.75 Å². The molecule has 8 nitrogen and oxygen atoms in total. The van der Waals surface area contributed by atoms with E-state index in [1.165, 1.54) is 38.5 Å². The van der Waals surface area contributed by atoms with E-state index >= 15 is 0 Å². The monoisotopic (exact) mass is 464 g/mol. The van der Waals surface area contributed by atoms with Crippen LogP contribution in [0.2, 0.25) is 0 Å². The number of hydrogen-bond donors (Lipinski definition) is 1. The number of ether oxygens (including phenoxy) is 1. The predicted molar refractivity (Wildman–Crippen MR) is 132 cm³/mol. The van der Waals surface area contributed by atoms with Crippen LogP contribution in [0.3, 0.4) is 0 Å². The van der Waals surface area contributed by atoms with Gasteiger partial charge in [-0.15, -0.1) is 5.10 Å². The highest BCUT2D eigenvalue weighted by atomic mass is 16.5. The number of H-pyrrole nitrogens is 1. The number of fused-ring (bicyclic) bond motifs is 1. The Labute approximate surface area is 200 Å². The lowest BCUT2D eigenvalue weighted by molar-refractivity contribution is 0.131. The zero-order valence-corrected chi connectivity index (χ0v) is 20.2. The molecule has 3 aromatic rings. The Morgan fingerprint density at radius 2 is 1.79 bits per heavy atom. The maximum atomic E-state index is 13.0. The zero-order valence-electron chi connectivity index (χ0n) is 20.2. The third-order valence-corrected chi connectivity index (χ3v) is 7.49. The van der Waals surface area contributed by atoms with Gasteiger partial charge in [-0.25, -0.2) is 4.68 Å². The highest BCUT2D eigenvalue weighted by Crippen LogP contribution is 2.30. The maximum absolute atomic E-state index is 13.0. The number of tetrazole rings is 1. The van der Waals surface area contributed by atoms with Gasteiger partial charge in [0.25, 0.3) is 5.56 Å². The standard InChI is InChI=1S/C26H36N6O2/c1-2-34-23-13-14-24-19(16-23)15-20(26(33)27-24)17-31(21-9-5-3-6-10-21)18-25-28-29-30-32(25)22-11-7-4-8-12-22/h13-16,21-22H,2-12,17-18H2,1H3,(H,27,33). The van der Waals surface area contributed by atoms with Crippen LogP contribution in [-0.2, 0) is 13.1 Å². The second kappa shape index (κ2) is 10.7. The fourth-order valence-corrected chi connectivity index (χ4v) is 5.69. The van der Waals surface area contributed by atoms with Crippen molar-refractivity contribution in [3.8, 4) is 5.75 Å². The molecule has 0 radical (unpaired) electrons. The number of aromatic nitrogens is 5. The second-order valence-electron chi connectivity index (χ2n) is 9.83. The molecule has 0 unspecified atom stereocenters. The van der Waals surface area contributed by atoms with Crippen LogP contribution >= 0.6 is 0 Å². The molecular weight excluding hydrogens is 428 g/mol. The van der Waals surface area contributed by atoms with Gasteiger partial charge >= 0.3 is 0 Å². The summed E-state index contributed by atoms with van der Waals surface area (Å²) < 4.78 is 7.74. The van der Waals surface area contributed by atoms with Gasteiger partial charge in [0, 0.05) is 29.1 Å². The molecule has 2 fully saturated rings. The number of hydrogen-bond acceptors (Lipinski definition) is 6. The molecule has 2 aliphatic carbocycles. The molecule has 0 amide bonds. The summed E-state index contributed by atoms with van der Waals surface area (Å²) in [5, 5.41) is 13.8. The molecule has 1 aromatic carbocycles. The topological polar surface area (TPSA) is 88.9 Å². The van der Waals surface area contributed by atoms with Crippen LogP contribution in [0.1, 0.15) is 88.6 Å². The van der Waals surface area contributed by atoms with Crippen molar-refractivity contribution in [1.82, 2.24) is 30.1 Å². The number of aromatic amines is 1. The molecule has 0 spiro atoms. The largest absolute Gasteiger partial charge is 0.494 e. The van der Waals surface area contributed by atoms with Crippen molar-refractivity contribution < 1.29 is 4.74 Å². The normalized spacial score (nSPS) is 18.1. The Morgan fingerprint density at radius 1 is 1.03 bits per heavy atom. The van der Waals surface area contributed by atoms with Gasteiger partial charge in [0.15, 0.2) is 5.82 Å². The maximum Gasteiger partial charge on any atom is 0.252 e. The van der Waals surface area contributed by atoms with Gasteiger partial charge in [-0.1, -0.05) is 38.5 Å². The van der Waals surface area contributed by atoms with Crippen molar-refractivity contribution in [2.45, 2.75) is 96.3 Å². The summed E-state index contributed by atoms with van der Waals surface area (Å²) in [6.45, 7) is 3.86. The van der Waals surface area contributed by atoms with E-state index in [0.29, 0.717) is 31.8 Å². The summed E-state index contributed by atoms with van der Waals surface area (Å²) in [6, 6.07) is 8.69. The Hall–Kier alpha value is -2.74. The molecular formula is C26H36N6O2. The third kappa shape index (κ3) is 5.17. The van der Waals surface area contributed by atoms with Crippen molar-refractivity contribution in [3.63, 3.8) is 0 Å². The predicted octanol–water partition coefficient (Wildman–Crippen LogP) is 4.75. The summed E-state index contributed by atoms with van der Waals surface area (Å²) in [4.78, 5) is 18.5. The summed E-state index contributed by atoms with van der Waals surface area (Å²) in [5.74, 6) is 1.75. The van der Waals surface area contributed by atoms with E-state index in [9.17, 15) is 4.79 Å². The molecule has 0 atom stereocenters. The van der Waals surface area contributed by atoms with Crippen molar-refractivity contribution in [2.24, 2.45) is 0 Å². The highest BCUT2D eigenvalue weighted by Gasteiger charge is 2.26. The fraction of sp³-hybridized carbons (Fsp3) is 0.615. The Morgan fingerprint density at radius 3 is 2.56 bits per heavy atom. The lowest BCUT2D eigenvalue weighted by atomic mass is 9.93. The third-order valence-electron chi connectivity index (χ3n) is 7.49. The second-order valence-corrected chi connectivity index (χ2v) is 9.83. The van der Waals surface area contributed by atoms with E-state index in [1.54, 1.807) is 0 Å². The molecule has 2 saturated carbocycles. The molecule has 1 N–H and O–H groups in total. The summed E-state index contributed by atoms with van der Waals surface area (Å²) in [6.07, 6.45) is 12.2. The Bertz CT molecular complexity index is 1140. The number of nitrogens with one attached hydrogen (secondary N) is 1. The van der Waals surface area contributed by atoms with Crippen LogP contribution in [0, 0.1) is 0 Å². The lowest BCUT2D eigenvalue weighted by Crippen LogP contribution is -2.38. The first-order valence-electron chi connectivity index (χ1n) is 13.0. The number of rotatable bonds is 8. The van der Waals surface area contributed by atoms with E-state index in [0.717, 1.165) is 53.7 Å². The first-order chi connectivity index (χ1) is 16.7. The number of nitrogens with zero attached hydrogens (tertiary/aromatic N) is 5. The fourth-order valence-electron chi connectivity index (χ4n) is 5.69. The first-order valence-corrected chi connectivity index (χ1v) is 13.0. The van der Waals surface area contributed by atoms with E-state index in [1.807, 2.05) is 31.2 Å². The molecule has 2 aliphatic rings. The first kappa shape index (κ1) is 23.0. The number of pyridine rings is 1.